The molecule has 5 atom stereocenters. The van der Waals surface area contributed by atoms with Gasteiger partial charge in [0.05, 0.1) is 0 Å². The van der Waals surface area contributed by atoms with Crippen LogP contribution in [0, 0.1) is 23.7 Å². The van der Waals surface area contributed by atoms with E-state index in [-0.39, 0.29) is 0 Å². The molecule has 1 saturated carbocycles. The lowest BCUT2D eigenvalue weighted by atomic mass is 9.58. The van der Waals surface area contributed by atoms with Crippen LogP contribution in [0.1, 0.15) is 37.7 Å². The summed E-state index contributed by atoms with van der Waals surface area (Å²) in [7, 11) is 0. The molecular weight excluding hydrogens is 242 g/mol. The van der Waals surface area contributed by atoms with Crippen LogP contribution >= 0.6 is 0 Å². The Kier molecular flexibility index (Phi) is 3.02. The molecule has 0 aromatic heterocycles. The second-order valence-corrected chi connectivity index (χ2v) is 6.79. The van der Waals surface area contributed by atoms with Gasteiger partial charge in [-0.05, 0) is 42.6 Å². The fraction of sp³-hybridized carbons (Fsp3) is 0.526. The molecule has 0 spiro atoms. The zero-order chi connectivity index (χ0) is 13.5. The number of nitrogens with zero attached hydrogens (tertiary/aromatic N) is 1. The number of allylic oxidation sites excluding steroid dienone is 2. The minimum Gasteiger partial charge on any atom is -0.294 e. The van der Waals surface area contributed by atoms with Crippen molar-refractivity contribution < 1.29 is 0 Å². The highest BCUT2D eigenvalue weighted by molar-refractivity contribution is 5.89. The smallest absolute Gasteiger partial charge is 0.0417 e. The highest BCUT2D eigenvalue weighted by Crippen LogP contribution is 2.50. The largest absolute Gasteiger partial charge is 0.294 e. The number of aliphatic imine (C=N–C) groups is 1. The average Bonchev–Trinajstić information content (AvgIpc) is 2.52. The van der Waals surface area contributed by atoms with Gasteiger partial charge >= 0.3 is 0 Å². The third-order valence-corrected chi connectivity index (χ3v) is 5.64. The van der Waals surface area contributed by atoms with Crippen molar-refractivity contribution in [2.75, 3.05) is 6.54 Å². The molecule has 0 bridgehead atoms. The normalized spacial score (nSPS) is 39.0. The number of hydrogen-bond acceptors (Lipinski definition) is 1. The first kappa shape index (κ1) is 12.4. The monoisotopic (exact) mass is 265 g/mol. The van der Waals surface area contributed by atoms with E-state index in [1.54, 1.807) is 0 Å². The second kappa shape index (κ2) is 4.87. The van der Waals surface area contributed by atoms with Gasteiger partial charge in [-0.15, -0.1) is 0 Å². The van der Waals surface area contributed by atoms with Gasteiger partial charge in [0, 0.05) is 24.1 Å². The molecule has 0 unspecified atom stereocenters. The second-order valence-electron chi connectivity index (χ2n) is 6.79. The van der Waals surface area contributed by atoms with Crippen LogP contribution in [-0.2, 0) is 0 Å². The van der Waals surface area contributed by atoms with Gasteiger partial charge in [0.15, 0.2) is 0 Å². The van der Waals surface area contributed by atoms with E-state index in [2.05, 4.69) is 49.4 Å². The molecule has 1 nitrogen and oxygen atoms in total. The molecule has 0 radical (unpaired) electrons. The molecule has 3 aliphatic rings. The van der Waals surface area contributed by atoms with Crippen molar-refractivity contribution in [2.24, 2.45) is 28.7 Å². The van der Waals surface area contributed by atoms with Gasteiger partial charge in [0.25, 0.3) is 0 Å². The predicted octanol–water partition coefficient (Wildman–Crippen LogP) is 4.46. The van der Waals surface area contributed by atoms with Crippen LogP contribution in [0.5, 0.6) is 0 Å². The summed E-state index contributed by atoms with van der Waals surface area (Å²) in [5.41, 5.74) is 3.03. The van der Waals surface area contributed by atoms with E-state index in [0.29, 0.717) is 11.8 Å². The number of rotatable bonds is 1. The van der Waals surface area contributed by atoms with Crippen molar-refractivity contribution in [3.8, 4) is 0 Å². The lowest BCUT2D eigenvalue weighted by molar-refractivity contribution is 0.187. The standard InChI is InChI=1S/C19H23N/c1-13-12-20-17-9-5-8-15-10-11-16(18(13)19(15)17)14-6-3-2-4-7-14/h2-4,6-7,10-11,13,15-16,18-19H,5,8-9,12H2,1H3/t13-,15+,16+,18-,19+/m0/s1. The van der Waals surface area contributed by atoms with Crippen molar-refractivity contribution in [3.63, 3.8) is 0 Å². The molecule has 1 heteroatoms. The Morgan fingerprint density at radius 2 is 1.95 bits per heavy atom. The topological polar surface area (TPSA) is 12.4 Å². The van der Waals surface area contributed by atoms with E-state index in [1.165, 1.54) is 30.5 Å². The quantitative estimate of drug-likeness (QED) is 0.665. The van der Waals surface area contributed by atoms with Crippen molar-refractivity contribution >= 4 is 5.71 Å². The van der Waals surface area contributed by atoms with Crippen LogP contribution in [0.25, 0.3) is 0 Å². The Balaban J connectivity index is 1.77. The Hall–Kier alpha value is -1.37. The van der Waals surface area contributed by atoms with Crippen LogP contribution in [0.4, 0.5) is 0 Å². The molecule has 2 aliphatic carbocycles. The van der Waals surface area contributed by atoms with Gasteiger partial charge in [-0.25, -0.2) is 0 Å². The van der Waals surface area contributed by atoms with Crippen LogP contribution < -0.4 is 0 Å². The molecule has 1 aromatic rings. The first-order valence-corrected chi connectivity index (χ1v) is 8.11. The van der Waals surface area contributed by atoms with Crippen LogP contribution in [0.3, 0.4) is 0 Å². The lowest BCUT2D eigenvalue weighted by Crippen LogP contribution is -2.45. The zero-order valence-electron chi connectivity index (χ0n) is 12.2. The number of hydrogen-bond donors (Lipinski definition) is 0. The molecule has 1 heterocycles. The van der Waals surface area contributed by atoms with Gasteiger partial charge in [-0.2, -0.15) is 0 Å². The minimum absolute atomic E-state index is 0.594. The van der Waals surface area contributed by atoms with Crippen molar-refractivity contribution in [1.82, 2.24) is 0 Å². The Morgan fingerprint density at radius 3 is 2.80 bits per heavy atom. The van der Waals surface area contributed by atoms with Crippen molar-refractivity contribution in [3.05, 3.63) is 48.0 Å². The summed E-state index contributed by atoms with van der Waals surface area (Å²) < 4.78 is 0. The lowest BCUT2D eigenvalue weighted by Gasteiger charge is -2.48. The van der Waals surface area contributed by atoms with E-state index in [1.807, 2.05) is 0 Å². The zero-order valence-corrected chi connectivity index (χ0v) is 12.2. The SMILES string of the molecule is C[C@H]1CN=C2CCC[C@@H]3C=C[C@H](c4ccccc4)[C@H]1[C@@H]23. The van der Waals surface area contributed by atoms with Crippen molar-refractivity contribution in [2.45, 2.75) is 32.1 Å². The van der Waals surface area contributed by atoms with E-state index in [9.17, 15) is 0 Å². The van der Waals surface area contributed by atoms with E-state index >= 15 is 0 Å². The Bertz CT molecular complexity index is 542. The Labute approximate surface area is 121 Å². The molecule has 0 amide bonds. The molecule has 1 fully saturated rings. The highest BCUT2D eigenvalue weighted by Gasteiger charge is 2.45. The maximum Gasteiger partial charge on any atom is 0.0417 e. The van der Waals surface area contributed by atoms with Crippen molar-refractivity contribution in [1.29, 1.82) is 0 Å². The molecule has 20 heavy (non-hydrogen) atoms. The third-order valence-electron chi connectivity index (χ3n) is 5.64. The summed E-state index contributed by atoms with van der Waals surface area (Å²) >= 11 is 0. The van der Waals surface area contributed by atoms with E-state index in [4.69, 9.17) is 4.99 Å². The van der Waals surface area contributed by atoms with Gasteiger partial charge < -0.3 is 0 Å². The molecule has 4 rings (SSSR count). The molecular formula is C19H23N. The van der Waals surface area contributed by atoms with Gasteiger partial charge in [-0.1, -0.05) is 49.4 Å². The highest BCUT2D eigenvalue weighted by atomic mass is 14.8. The maximum atomic E-state index is 4.93. The van der Waals surface area contributed by atoms with E-state index < -0.39 is 0 Å². The molecule has 0 saturated heterocycles. The van der Waals surface area contributed by atoms with Crippen LogP contribution in [-0.4, -0.2) is 12.3 Å². The van der Waals surface area contributed by atoms with Gasteiger partial charge in [-0.3, -0.25) is 4.99 Å². The summed E-state index contributed by atoms with van der Waals surface area (Å²) in [6.07, 6.45) is 8.96. The summed E-state index contributed by atoms with van der Waals surface area (Å²) in [5.74, 6) is 3.55. The molecule has 0 N–H and O–H groups in total. The first-order valence-electron chi connectivity index (χ1n) is 8.11. The molecule has 104 valence electrons. The third kappa shape index (κ3) is 1.87. The average molecular weight is 265 g/mol. The predicted molar refractivity (Wildman–Crippen MR) is 84.1 cm³/mol. The Morgan fingerprint density at radius 1 is 1.10 bits per heavy atom. The number of benzene rings is 1. The summed E-state index contributed by atoms with van der Waals surface area (Å²) in [6, 6.07) is 11.1. The van der Waals surface area contributed by atoms with Gasteiger partial charge in [0.1, 0.15) is 0 Å². The molecule has 1 aromatic carbocycles. The minimum atomic E-state index is 0.594. The van der Waals surface area contributed by atoms with Crippen LogP contribution in [0.2, 0.25) is 0 Å². The first-order chi connectivity index (χ1) is 9.84. The van der Waals surface area contributed by atoms with Crippen LogP contribution in [0.15, 0.2) is 47.5 Å². The maximum absolute atomic E-state index is 4.93. The van der Waals surface area contributed by atoms with Gasteiger partial charge in [0.2, 0.25) is 0 Å². The molecule has 1 aliphatic heterocycles. The van der Waals surface area contributed by atoms with E-state index in [0.717, 1.165) is 24.3 Å². The fourth-order valence-electron chi connectivity index (χ4n) is 4.73. The summed E-state index contributed by atoms with van der Waals surface area (Å²) in [6.45, 7) is 3.45. The summed E-state index contributed by atoms with van der Waals surface area (Å²) in [4.78, 5) is 4.93. The summed E-state index contributed by atoms with van der Waals surface area (Å²) in [5, 5.41) is 0. The fourth-order valence-corrected chi connectivity index (χ4v) is 4.73.